The van der Waals surface area contributed by atoms with Crippen molar-refractivity contribution < 1.29 is 5.11 Å². The highest BCUT2D eigenvalue weighted by molar-refractivity contribution is 5.60. The summed E-state index contributed by atoms with van der Waals surface area (Å²) in [5, 5.41) is 16.5. The molecule has 0 heterocycles. The Bertz CT molecular complexity index is 720. The summed E-state index contributed by atoms with van der Waals surface area (Å²) in [7, 11) is 0. The maximum atomic E-state index is 10.0. The van der Waals surface area contributed by atoms with E-state index in [1.54, 1.807) is 12.1 Å². The van der Waals surface area contributed by atoms with Gasteiger partial charge in [-0.3, -0.25) is 0 Å². The lowest BCUT2D eigenvalue weighted by atomic mass is 9.78. The van der Waals surface area contributed by atoms with Crippen molar-refractivity contribution in [3.8, 4) is 5.75 Å². The molecule has 0 amide bonds. The van der Waals surface area contributed by atoms with Crippen molar-refractivity contribution in [3.05, 3.63) is 78.9 Å². The van der Waals surface area contributed by atoms with Crippen molar-refractivity contribution in [1.29, 1.82) is 0 Å². The highest BCUT2D eigenvalue weighted by atomic mass is 16.3. The average molecular weight is 322 g/mol. The van der Waals surface area contributed by atoms with Gasteiger partial charge in [-0.15, -0.1) is 13.2 Å². The van der Waals surface area contributed by atoms with Gasteiger partial charge in [-0.05, 0) is 35.4 Å². The molecule has 0 aliphatic rings. The average Bonchev–Trinajstić information content (AvgIpc) is 2.59. The maximum Gasteiger partial charge on any atom is 0.138 e. The molecule has 126 valence electrons. The molecule has 3 heteroatoms. The Hall–Kier alpha value is -2.68. The fourth-order valence-corrected chi connectivity index (χ4v) is 2.62. The van der Waals surface area contributed by atoms with Crippen LogP contribution in [0.3, 0.4) is 0 Å². The van der Waals surface area contributed by atoms with E-state index in [1.165, 1.54) is 5.56 Å². The van der Waals surface area contributed by atoms with Crippen LogP contribution in [0.4, 0.5) is 11.4 Å². The van der Waals surface area contributed by atoms with Crippen molar-refractivity contribution in [3.63, 3.8) is 0 Å². The van der Waals surface area contributed by atoms with Gasteiger partial charge in [0.2, 0.25) is 0 Å². The largest absolute Gasteiger partial charge is 0.506 e. The molecule has 0 radical (unpaired) electrons. The molecule has 0 saturated heterocycles. The van der Waals surface area contributed by atoms with E-state index >= 15 is 0 Å². The SMILES string of the molecule is C=CCNc1cccc(C(C)(C)c2ccc(O)c(NCC=C)c2)c1. The van der Waals surface area contributed by atoms with Gasteiger partial charge in [-0.1, -0.05) is 44.2 Å². The van der Waals surface area contributed by atoms with Crippen LogP contribution in [0, 0.1) is 0 Å². The first-order chi connectivity index (χ1) is 11.5. The summed E-state index contributed by atoms with van der Waals surface area (Å²) in [4.78, 5) is 0. The Labute approximate surface area is 144 Å². The molecule has 0 spiro atoms. The van der Waals surface area contributed by atoms with Gasteiger partial charge in [0.15, 0.2) is 0 Å². The molecular weight excluding hydrogens is 296 g/mol. The number of hydrogen-bond donors (Lipinski definition) is 3. The van der Waals surface area contributed by atoms with E-state index in [9.17, 15) is 5.11 Å². The minimum absolute atomic E-state index is 0.190. The molecule has 24 heavy (non-hydrogen) atoms. The number of phenols is 1. The second-order valence-electron chi connectivity index (χ2n) is 6.28. The Morgan fingerprint density at radius 2 is 1.62 bits per heavy atom. The van der Waals surface area contributed by atoms with Crippen molar-refractivity contribution in [2.24, 2.45) is 0 Å². The molecule has 0 aromatic heterocycles. The van der Waals surface area contributed by atoms with Crippen molar-refractivity contribution >= 4 is 11.4 Å². The van der Waals surface area contributed by atoms with Crippen LogP contribution in [-0.4, -0.2) is 18.2 Å². The number of phenolic OH excluding ortho intramolecular Hbond substituents is 1. The summed E-state index contributed by atoms with van der Waals surface area (Å²) < 4.78 is 0. The number of hydrogen-bond acceptors (Lipinski definition) is 3. The van der Waals surface area contributed by atoms with Gasteiger partial charge >= 0.3 is 0 Å². The van der Waals surface area contributed by atoms with Crippen LogP contribution < -0.4 is 10.6 Å². The molecule has 0 saturated carbocycles. The summed E-state index contributed by atoms with van der Waals surface area (Å²) in [6.07, 6.45) is 3.61. The van der Waals surface area contributed by atoms with Gasteiger partial charge in [-0.25, -0.2) is 0 Å². The van der Waals surface area contributed by atoms with Crippen LogP contribution >= 0.6 is 0 Å². The number of benzene rings is 2. The topological polar surface area (TPSA) is 44.3 Å². The van der Waals surface area contributed by atoms with Crippen molar-refractivity contribution in [1.82, 2.24) is 0 Å². The molecular formula is C21H26N2O. The van der Waals surface area contributed by atoms with E-state index in [0.29, 0.717) is 6.54 Å². The first-order valence-electron chi connectivity index (χ1n) is 8.12. The molecule has 2 aromatic rings. The van der Waals surface area contributed by atoms with Crippen molar-refractivity contribution in [2.45, 2.75) is 19.3 Å². The van der Waals surface area contributed by atoms with Gasteiger partial charge in [0.1, 0.15) is 5.75 Å². The zero-order valence-corrected chi connectivity index (χ0v) is 14.5. The van der Waals surface area contributed by atoms with Gasteiger partial charge < -0.3 is 15.7 Å². The lowest BCUT2D eigenvalue weighted by Gasteiger charge is -2.27. The first kappa shape index (κ1) is 17.7. The molecule has 3 N–H and O–H groups in total. The molecule has 0 aliphatic carbocycles. The molecule has 0 atom stereocenters. The zero-order chi connectivity index (χ0) is 17.6. The summed E-state index contributed by atoms with van der Waals surface area (Å²) in [6.45, 7) is 13.1. The molecule has 0 bridgehead atoms. The Morgan fingerprint density at radius 3 is 2.33 bits per heavy atom. The second-order valence-corrected chi connectivity index (χ2v) is 6.28. The van der Waals surface area contributed by atoms with E-state index < -0.39 is 0 Å². The predicted molar refractivity (Wildman–Crippen MR) is 104 cm³/mol. The van der Waals surface area contributed by atoms with E-state index in [2.05, 4.69) is 61.9 Å². The van der Waals surface area contributed by atoms with E-state index in [-0.39, 0.29) is 11.2 Å². The molecule has 0 aliphatic heterocycles. The van der Waals surface area contributed by atoms with Crippen LogP contribution in [0.2, 0.25) is 0 Å². The minimum Gasteiger partial charge on any atom is -0.506 e. The summed E-state index contributed by atoms with van der Waals surface area (Å²) in [5.41, 5.74) is 3.94. The van der Waals surface area contributed by atoms with Gasteiger partial charge in [-0.2, -0.15) is 0 Å². The van der Waals surface area contributed by atoms with Crippen LogP contribution in [-0.2, 0) is 5.41 Å². The third-order valence-electron chi connectivity index (χ3n) is 4.19. The lowest BCUT2D eigenvalue weighted by Crippen LogP contribution is -2.19. The Kier molecular flexibility index (Phi) is 5.69. The fraction of sp³-hybridized carbons (Fsp3) is 0.238. The van der Waals surface area contributed by atoms with Gasteiger partial charge in [0.05, 0.1) is 5.69 Å². The Morgan fingerprint density at radius 1 is 0.958 bits per heavy atom. The third kappa shape index (κ3) is 3.99. The number of nitrogens with one attached hydrogen (secondary N) is 2. The summed E-state index contributed by atoms with van der Waals surface area (Å²) in [5.74, 6) is 0.248. The normalized spacial score (nSPS) is 10.9. The second kappa shape index (κ2) is 7.73. The minimum atomic E-state index is -0.190. The number of aromatic hydroxyl groups is 1. The molecule has 3 nitrogen and oxygen atoms in total. The fourth-order valence-electron chi connectivity index (χ4n) is 2.62. The van der Waals surface area contributed by atoms with Gasteiger partial charge in [0, 0.05) is 24.2 Å². The molecule has 0 unspecified atom stereocenters. The van der Waals surface area contributed by atoms with E-state index in [0.717, 1.165) is 23.5 Å². The van der Waals surface area contributed by atoms with Gasteiger partial charge in [0.25, 0.3) is 0 Å². The van der Waals surface area contributed by atoms with Crippen LogP contribution in [0.1, 0.15) is 25.0 Å². The van der Waals surface area contributed by atoms with E-state index in [4.69, 9.17) is 0 Å². The quantitative estimate of drug-likeness (QED) is 0.478. The molecule has 2 aromatic carbocycles. The van der Waals surface area contributed by atoms with Crippen LogP contribution in [0.15, 0.2) is 67.8 Å². The van der Waals surface area contributed by atoms with E-state index in [1.807, 2.05) is 18.2 Å². The summed E-state index contributed by atoms with van der Waals surface area (Å²) in [6, 6.07) is 14.1. The smallest absolute Gasteiger partial charge is 0.138 e. The summed E-state index contributed by atoms with van der Waals surface area (Å²) >= 11 is 0. The standard InChI is InChI=1S/C21H26N2O/c1-5-12-22-18-9-7-8-16(14-18)21(3,4)17-10-11-20(24)19(15-17)23-13-6-2/h5-11,14-15,22-24H,1-2,12-13H2,3-4H3. The highest BCUT2D eigenvalue weighted by Gasteiger charge is 2.24. The number of anilines is 2. The predicted octanol–water partition coefficient (Wildman–Crippen LogP) is 4.91. The lowest BCUT2D eigenvalue weighted by molar-refractivity contribution is 0.476. The Balaban J connectivity index is 2.35. The number of rotatable bonds is 8. The monoisotopic (exact) mass is 322 g/mol. The zero-order valence-electron chi connectivity index (χ0n) is 14.5. The third-order valence-corrected chi connectivity index (χ3v) is 4.19. The highest BCUT2D eigenvalue weighted by Crippen LogP contribution is 2.36. The van der Waals surface area contributed by atoms with Crippen LogP contribution in [0.5, 0.6) is 5.75 Å². The molecule has 2 rings (SSSR count). The van der Waals surface area contributed by atoms with Crippen LogP contribution in [0.25, 0.3) is 0 Å². The maximum absolute atomic E-state index is 10.0. The molecule has 0 fully saturated rings. The van der Waals surface area contributed by atoms with Crippen molar-refractivity contribution in [2.75, 3.05) is 23.7 Å². The first-order valence-corrected chi connectivity index (χ1v) is 8.12.